The van der Waals surface area contributed by atoms with Crippen LogP contribution in [0.15, 0.2) is 84.7 Å². The van der Waals surface area contributed by atoms with E-state index in [9.17, 15) is 29.1 Å². The fraction of sp³-hybridized carbons (Fsp3) is 0.344. The number of nitrogens with zero attached hydrogens (tertiary/aromatic N) is 1. The molecular formula is C32H40N2O11. The van der Waals surface area contributed by atoms with Gasteiger partial charge in [0.2, 0.25) is 0 Å². The fourth-order valence-corrected chi connectivity index (χ4v) is 3.29. The van der Waals surface area contributed by atoms with Crippen molar-refractivity contribution < 1.29 is 52.8 Å². The van der Waals surface area contributed by atoms with Gasteiger partial charge in [0.05, 0.1) is 38.5 Å². The third-order valence-corrected chi connectivity index (χ3v) is 5.37. The molecule has 244 valence electrons. The predicted molar refractivity (Wildman–Crippen MR) is 163 cm³/mol. The number of aliphatic hydroxyl groups excluding tert-OH is 1. The Kier molecular flexibility index (Phi) is 18.6. The largest absolute Gasteiger partial charge is 0.510 e. The third kappa shape index (κ3) is 16.2. The first kappa shape index (κ1) is 37.7. The number of nitrogens with one attached hydrogen (secondary N) is 1. The Bertz CT molecular complexity index is 1260. The van der Waals surface area contributed by atoms with Crippen molar-refractivity contribution in [3.8, 4) is 0 Å². The summed E-state index contributed by atoms with van der Waals surface area (Å²) in [6, 6.07) is 18.6. The number of hydrogen-bond donors (Lipinski definition) is 2. The van der Waals surface area contributed by atoms with E-state index in [1.165, 1.54) is 4.90 Å². The predicted octanol–water partition coefficient (Wildman–Crippen LogP) is 4.23. The average molecular weight is 629 g/mol. The first-order valence-corrected chi connectivity index (χ1v) is 14.1. The summed E-state index contributed by atoms with van der Waals surface area (Å²) in [5.74, 6) is -1.59. The Hall–Kier alpha value is -5.33. The Morgan fingerprint density at radius 2 is 1.31 bits per heavy atom. The minimum atomic E-state index is -0.637. The molecule has 3 rings (SSSR count). The molecule has 13 nitrogen and oxygen atoms in total. The van der Waals surface area contributed by atoms with Gasteiger partial charge in [-0.25, -0.2) is 19.2 Å². The molecule has 2 amide bonds. The number of rotatable bonds is 11. The van der Waals surface area contributed by atoms with E-state index >= 15 is 0 Å². The lowest BCUT2D eigenvalue weighted by molar-refractivity contribution is -0.142. The van der Waals surface area contributed by atoms with Crippen LogP contribution in [0.3, 0.4) is 0 Å². The molecule has 1 heterocycles. The average Bonchev–Trinajstić information content (AvgIpc) is 3.45. The standard InChI is InChI=1S/C15H17NO5.C12H15NO4.C5H8O2/c1-2-20-14(18)12-8-16(9-13(12)17)15(19)21-10-11-6-4-3-5-7-11;1-2-16-11(14)8-13-12(15)17-9-10-6-4-3-5-7-10;1-3-5(6)7-4-2/h3-7,17H,2,8-10H2,1H3;3-7H,2,8-9H2,1H3,(H,13,15);3H,1,4H2,2H3. The molecule has 1 aliphatic rings. The van der Waals surface area contributed by atoms with E-state index in [1.54, 1.807) is 20.8 Å². The van der Waals surface area contributed by atoms with Gasteiger partial charge in [0.15, 0.2) is 0 Å². The fourth-order valence-electron chi connectivity index (χ4n) is 3.29. The molecule has 2 aromatic carbocycles. The van der Waals surface area contributed by atoms with E-state index in [4.69, 9.17) is 14.2 Å². The number of hydrogen-bond acceptors (Lipinski definition) is 11. The maximum atomic E-state index is 11.9. The van der Waals surface area contributed by atoms with E-state index in [0.717, 1.165) is 17.2 Å². The molecule has 0 radical (unpaired) electrons. The third-order valence-electron chi connectivity index (χ3n) is 5.37. The highest BCUT2D eigenvalue weighted by atomic mass is 16.6. The molecule has 0 spiro atoms. The van der Waals surface area contributed by atoms with Crippen LogP contribution in [0.1, 0.15) is 31.9 Å². The molecular weight excluding hydrogens is 588 g/mol. The van der Waals surface area contributed by atoms with Gasteiger partial charge in [-0.3, -0.25) is 9.69 Å². The number of alkyl carbamates (subject to hydrolysis) is 1. The van der Waals surface area contributed by atoms with Crippen molar-refractivity contribution in [2.24, 2.45) is 0 Å². The molecule has 45 heavy (non-hydrogen) atoms. The molecule has 0 aliphatic carbocycles. The highest BCUT2D eigenvalue weighted by Crippen LogP contribution is 2.18. The quantitative estimate of drug-likeness (QED) is 0.208. The monoisotopic (exact) mass is 628 g/mol. The van der Waals surface area contributed by atoms with E-state index in [2.05, 4.69) is 21.4 Å². The smallest absolute Gasteiger partial charge is 0.410 e. The van der Waals surface area contributed by atoms with Crippen molar-refractivity contribution in [2.45, 2.75) is 34.0 Å². The minimum absolute atomic E-state index is 0.00170. The van der Waals surface area contributed by atoms with Crippen LogP contribution in [0.5, 0.6) is 0 Å². The SMILES string of the molecule is C=CC(=O)OCC.CCOC(=O)C1=C(O)CN(C(=O)OCc2ccccc2)C1.CCOC(=O)CNC(=O)OCc1ccccc1. The van der Waals surface area contributed by atoms with Crippen LogP contribution in [0.25, 0.3) is 0 Å². The second-order valence-corrected chi connectivity index (χ2v) is 8.72. The van der Waals surface area contributed by atoms with Crippen LogP contribution >= 0.6 is 0 Å². The summed E-state index contributed by atoms with van der Waals surface area (Å²) >= 11 is 0. The van der Waals surface area contributed by atoms with Crippen molar-refractivity contribution in [3.05, 3.63) is 95.8 Å². The van der Waals surface area contributed by atoms with Crippen LogP contribution in [0, 0.1) is 0 Å². The Labute approximate surface area is 262 Å². The number of carbonyl (C=O) groups excluding carboxylic acids is 5. The molecule has 0 atom stereocenters. The Morgan fingerprint density at radius 1 is 0.778 bits per heavy atom. The molecule has 0 unspecified atom stereocenters. The minimum Gasteiger partial charge on any atom is -0.510 e. The van der Waals surface area contributed by atoms with Crippen molar-refractivity contribution in [1.29, 1.82) is 0 Å². The van der Waals surface area contributed by atoms with Crippen molar-refractivity contribution in [2.75, 3.05) is 39.5 Å². The zero-order valence-electron chi connectivity index (χ0n) is 25.7. The first-order valence-electron chi connectivity index (χ1n) is 14.1. The summed E-state index contributed by atoms with van der Waals surface area (Å²) in [5.41, 5.74) is 1.86. The van der Waals surface area contributed by atoms with Crippen LogP contribution in [0.2, 0.25) is 0 Å². The number of esters is 3. The van der Waals surface area contributed by atoms with Gasteiger partial charge in [-0.05, 0) is 31.9 Å². The molecule has 2 N–H and O–H groups in total. The van der Waals surface area contributed by atoms with Gasteiger partial charge in [0.1, 0.15) is 25.5 Å². The molecule has 0 fully saturated rings. The molecule has 0 bridgehead atoms. The summed E-state index contributed by atoms with van der Waals surface area (Å²) in [5, 5.41) is 12.0. The van der Waals surface area contributed by atoms with Crippen LogP contribution < -0.4 is 5.32 Å². The van der Waals surface area contributed by atoms with Gasteiger partial charge in [0.25, 0.3) is 0 Å². The first-order chi connectivity index (χ1) is 21.6. The van der Waals surface area contributed by atoms with E-state index in [1.807, 2.05) is 60.7 Å². The summed E-state index contributed by atoms with van der Waals surface area (Å²) in [4.78, 5) is 56.9. The van der Waals surface area contributed by atoms with Gasteiger partial charge < -0.3 is 34.1 Å². The second-order valence-electron chi connectivity index (χ2n) is 8.72. The normalized spacial score (nSPS) is 11.4. The summed E-state index contributed by atoms with van der Waals surface area (Å²) in [6.45, 7) is 9.36. The van der Waals surface area contributed by atoms with Crippen molar-refractivity contribution in [1.82, 2.24) is 10.2 Å². The number of amides is 2. The van der Waals surface area contributed by atoms with E-state index in [0.29, 0.717) is 13.2 Å². The second kappa shape index (κ2) is 22.2. The van der Waals surface area contributed by atoms with Gasteiger partial charge in [-0.2, -0.15) is 0 Å². The lowest BCUT2D eigenvalue weighted by Crippen LogP contribution is -2.31. The number of aliphatic hydroxyl groups is 1. The highest BCUT2D eigenvalue weighted by Gasteiger charge is 2.31. The van der Waals surface area contributed by atoms with Crippen LogP contribution in [-0.4, -0.2) is 79.6 Å². The van der Waals surface area contributed by atoms with Crippen LogP contribution in [0.4, 0.5) is 9.59 Å². The molecule has 0 saturated heterocycles. The van der Waals surface area contributed by atoms with Crippen LogP contribution in [-0.2, 0) is 51.3 Å². The summed E-state index contributed by atoms with van der Waals surface area (Å²) in [6.07, 6.45) is -0.0737. The highest BCUT2D eigenvalue weighted by molar-refractivity contribution is 5.91. The molecule has 13 heteroatoms. The lowest BCUT2D eigenvalue weighted by Gasteiger charge is -2.15. The number of benzene rings is 2. The molecule has 1 aliphatic heterocycles. The Morgan fingerprint density at radius 3 is 1.80 bits per heavy atom. The maximum Gasteiger partial charge on any atom is 0.410 e. The lowest BCUT2D eigenvalue weighted by atomic mass is 10.2. The topological polar surface area (TPSA) is 167 Å². The zero-order valence-corrected chi connectivity index (χ0v) is 25.7. The van der Waals surface area contributed by atoms with Crippen molar-refractivity contribution in [3.63, 3.8) is 0 Å². The molecule has 0 saturated carbocycles. The molecule has 2 aromatic rings. The van der Waals surface area contributed by atoms with Crippen molar-refractivity contribution >= 4 is 30.1 Å². The Balaban J connectivity index is 0.000000378. The summed E-state index contributed by atoms with van der Waals surface area (Å²) < 4.78 is 23.9. The number of ether oxygens (including phenoxy) is 5. The van der Waals surface area contributed by atoms with Gasteiger partial charge >= 0.3 is 30.1 Å². The van der Waals surface area contributed by atoms with Gasteiger partial charge in [0, 0.05) is 6.08 Å². The van der Waals surface area contributed by atoms with E-state index < -0.39 is 24.1 Å². The summed E-state index contributed by atoms with van der Waals surface area (Å²) in [7, 11) is 0. The maximum absolute atomic E-state index is 11.9. The zero-order chi connectivity index (χ0) is 33.5. The number of carbonyl (C=O) groups is 5. The van der Waals surface area contributed by atoms with Gasteiger partial charge in [-0.15, -0.1) is 0 Å². The molecule has 0 aromatic heterocycles. The van der Waals surface area contributed by atoms with Gasteiger partial charge in [-0.1, -0.05) is 67.2 Å². The van der Waals surface area contributed by atoms with E-state index in [-0.39, 0.29) is 56.8 Å².